The fourth-order valence-corrected chi connectivity index (χ4v) is 4.79. The topological polar surface area (TPSA) is 131 Å². The van der Waals surface area contributed by atoms with Gasteiger partial charge in [0.05, 0.1) is 5.69 Å². The van der Waals surface area contributed by atoms with Crippen LogP contribution in [-0.2, 0) is 9.53 Å². The largest absolute Gasteiger partial charge is 0.455 e. The average Bonchev–Trinajstić information content (AvgIpc) is 3.39. The molecule has 10 heteroatoms. The highest BCUT2D eigenvalue weighted by Gasteiger charge is 2.26. The number of amides is 2. The van der Waals surface area contributed by atoms with E-state index in [1.54, 1.807) is 51.2 Å². The first-order valence-corrected chi connectivity index (χ1v) is 14.0. The van der Waals surface area contributed by atoms with Crippen LogP contribution >= 0.6 is 0 Å². The number of pyridine rings is 1. The molecule has 6 aromatic rings. The highest BCUT2D eigenvalue weighted by Crippen LogP contribution is 2.35. The number of ether oxygens (including phenoxy) is 1. The van der Waals surface area contributed by atoms with Crippen molar-refractivity contribution in [2.45, 2.75) is 32.4 Å². The molecular formula is C34H30N6O4. The summed E-state index contributed by atoms with van der Waals surface area (Å²) in [5, 5.41) is 10.9. The van der Waals surface area contributed by atoms with Gasteiger partial charge < -0.3 is 25.1 Å². The van der Waals surface area contributed by atoms with E-state index in [4.69, 9.17) is 9.15 Å². The van der Waals surface area contributed by atoms with Crippen LogP contribution in [0.4, 0.5) is 22.0 Å². The third kappa shape index (κ3) is 6.34. The fourth-order valence-electron chi connectivity index (χ4n) is 4.79. The van der Waals surface area contributed by atoms with Gasteiger partial charge in [-0.15, -0.1) is 0 Å². The lowest BCUT2D eigenvalue weighted by molar-refractivity contribution is -0.118. The Labute approximate surface area is 253 Å². The lowest BCUT2D eigenvalue weighted by Gasteiger charge is -2.23. The number of nitrogens with one attached hydrogen (secondary N) is 3. The third-order valence-electron chi connectivity index (χ3n) is 6.71. The van der Waals surface area contributed by atoms with Crippen molar-refractivity contribution in [3.05, 3.63) is 109 Å². The standard InChI is InChI=1S/C34H30N6O4/c1-34(2,3)44-33(42)40-30(21-8-7-17-35-19-21)32(41)39-23-15-13-22(14-16-23)38-29-18-27(36-20-37-29)26-11-6-10-25-24-9-4-5-12-28(24)43-31(25)26/h4-20,30H,1-3H3,(H,39,41)(H,40,42)(H,36,37,38). The summed E-state index contributed by atoms with van der Waals surface area (Å²) in [6.07, 6.45) is 3.92. The van der Waals surface area contributed by atoms with E-state index in [9.17, 15) is 9.59 Å². The van der Waals surface area contributed by atoms with Gasteiger partial charge in [-0.3, -0.25) is 9.78 Å². The molecule has 3 aromatic heterocycles. The van der Waals surface area contributed by atoms with E-state index in [0.29, 0.717) is 17.1 Å². The Balaban J connectivity index is 1.17. The van der Waals surface area contributed by atoms with Crippen molar-refractivity contribution >= 4 is 51.1 Å². The minimum atomic E-state index is -1.01. The molecule has 44 heavy (non-hydrogen) atoms. The van der Waals surface area contributed by atoms with Crippen molar-refractivity contribution < 1.29 is 18.7 Å². The van der Waals surface area contributed by atoms with Gasteiger partial charge >= 0.3 is 6.09 Å². The second-order valence-corrected chi connectivity index (χ2v) is 11.1. The van der Waals surface area contributed by atoms with Gasteiger partial charge in [0.1, 0.15) is 35.0 Å². The Morgan fingerprint density at radius 2 is 1.64 bits per heavy atom. The Morgan fingerprint density at radius 1 is 0.864 bits per heavy atom. The number of para-hydroxylation sites is 2. The maximum Gasteiger partial charge on any atom is 0.408 e. The van der Waals surface area contributed by atoms with E-state index in [2.05, 4.69) is 30.9 Å². The molecule has 0 bridgehead atoms. The number of rotatable bonds is 7. The van der Waals surface area contributed by atoms with Crippen molar-refractivity contribution in [1.29, 1.82) is 0 Å². The molecule has 1 atom stereocenters. The first kappa shape index (κ1) is 28.4. The van der Waals surface area contributed by atoms with Gasteiger partial charge in [-0.25, -0.2) is 14.8 Å². The van der Waals surface area contributed by atoms with Crippen LogP contribution in [-0.4, -0.2) is 32.6 Å². The van der Waals surface area contributed by atoms with Crippen LogP contribution in [0, 0.1) is 0 Å². The van der Waals surface area contributed by atoms with Crippen LogP contribution in [0.5, 0.6) is 0 Å². The number of benzene rings is 3. The molecule has 0 saturated carbocycles. The molecule has 3 heterocycles. The minimum Gasteiger partial charge on any atom is -0.455 e. The molecule has 0 fully saturated rings. The lowest BCUT2D eigenvalue weighted by Crippen LogP contribution is -2.40. The number of carbonyl (C=O) groups excluding carboxylic acids is 2. The number of aromatic nitrogens is 3. The summed E-state index contributed by atoms with van der Waals surface area (Å²) in [7, 11) is 0. The molecule has 1 unspecified atom stereocenters. The normalized spacial score (nSPS) is 12.1. The Hall–Kier alpha value is -5.77. The molecule has 3 N–H and O–H groups in total. The predicted octanol–water partition coefficient (Wildman–Crippen LogP) is 7.39. The number of fused-ring (bicyclic) bond motifs is 3. The molecule has 2 amide bonds. The average molecular weight is 587 g/mol. The summed E-state index contributed by atoms with van der Waals surface area (Å²) < 4.78 is 11.5. The number of carbonyl (C=O) groups is 2. The van der Waals surface area contributed by atoms with Crippen molar-refractivity contribution in [2.75, 3.05) is 10.6 Å². The van der Waals surface area contributed by atoms with Crippen molar-refractivity contribution in [1.82, 2.24) is 20.3 Å². The Morgan fingerprint density at radius 3 is 2.41 bits per heavy atom. The monoisotopic (exact) mass is 586 g/mol. The number of anilines is 3. The first-order valence-electron chi connectivity index (χ1n) is 14.0. The molecule has 10 nitrogen and oxygen atoms in total. The zero-order valence-electron chi connectivity index (χ0n) is 24.4. The molecule has 220 valence electrons. The van der Waals surface area contributed by atoms with Gasteiger partial charge in [-0.1, -0.05) is 36.4 Å². The number of hydrogen-bond acceptors (Lipinski definition) is 8. The molecule has 0 aliphatic carbocycles. The van der Waals surface area contributed by atoms with Crippen LogP contribution < -0.4 is 16.0 Å². The molecule has 0 aliphatic rings. The maximum atomic E-state index is 13.3. The van der Waals surface area contributed by atoms with Crippen LogP contribution in [0.1, 0.15) is 32.4 Å². The highest BCUT2D eigenvalue weighted by molar-refractivity contribution is 6.09. The number of nitrogens with zero attached hydrogens (tertiary/aromatic N) is 3. The summed E-state index contributed by atoms with van der Waals surface area (Å²) in [4.78, 5) is 38.7. The van der Waals surface area contributed by atoms with Crippen molar-refractivity contribution in [3.63, 3.8) is 0 Å². The zero-order valence-corrected chi connectivity index (χ0v) is 24.4. The molecule has 3 aromatic carbocycles. The number of alkyl carbamates (subject to hydrolysis) is 1. The maximum absolute atomic E-state index is 13.3. The second kappa shape index (κ2) is 11.8. The van der Waals surface area contributed by atoms with Gasteiger partial charge in [0.15, 0.2) is 0 Å². The summed E-state index contributed by atoms with van der Waals surface area (Å²) in [5.41, 5.74) is 4.28. The lowest BCUT2D eigenvalue weighted by atomic mass is 10.1. The zero-order chi connectivity index (χ0) is 30.7. The van der Waals surface area contributed by atoms with Gasteiger partial charge in [-0.2, -0.15) is 0 Å². The van der Waals surface area contributed by atoms with Gasteiger partial charge in [0, 0.05) is 51.7 Å². The molecule has 6 rings (SSSR count). The summed E-state index contributed by atoms with van der Waals surface area (Å²) in [6.45, 7) is 5.26. The van der Waals surface area contributed by atoms with Crippen LogP contribution in [0.15, 0.2) is 108 Å². The quantitative estimate of drug-likeness (QED) is 0.177. The minimum absolute atomic E-state index is 0.440. The summed E-state index contributed by atoms with van der Waals surface area (Å²) in [6, 6.07) is 25.4. The van der Waals surface area contributed by atoms with E-state index < -0.39 is 23.6 Å². The second-order valence-electron chi connectivity index (χ2n) is 11.1. The van der Waals surface area contributed by atoms with Crippen LogP contribution in [0.25, 0.3) is 33.2 Å². The molecule has 0 radical (unpaired) electrons. The molecule has 0 aliphatic heterocycles. The van der Waals surface area contributed by atoms with E-state index in [1.807, 2.05) is 60.7 Å². The number of furan rings is 1. The van der Waals surface area contributed by atoms with Crippen molar-refractivity contribution in [3.8, 4) is 11.3 Å². The van der Waals surface area contributed by atoms with Gasteiger partial charge in [-0.05, 0) is 63.2 Å². The highest BCUT2D eigenvalue weighted by atomic mass is 16.6. The van der Waals surface area contributed by atoms with Crippen LogP contribution in [0.2, 0.25) is 0 Å². The van der Waals surface area contributed by atoms with Gasteiger partial charge in [0.25, 0.3) is 5.91 Å². The Bertz CT molecular complexity index is 1950. The Kier molecular flexibility index (Phi) is 7.63. The van der Waals surface area contributed by atoms with E-state index in [1.165, 1.54) is 12.5 Å². The molecular weight excluding hydrogens is 556 g/mol. The first-order chi connectivity index (χ1) is 21.2. The fraction of sp³-hybridized carbons (Fsp3) is 0.147. The third-order valence-corrected chi connectivity index (χ3v) is 6.71. The van der Waals surface area contributed by atoms with Crippen molar-refractivity contribution in [2.24, 2.45) is 0 Å². The SMILES string of the molecule is CC(C)(C)OC(=O)NC(C(=O)Nc1ccc(Nc2cc(-c3cccc4c3oc3ccccc34)ncn2)cc1)c1cccnc1. The number of hydrogen-bond donors (Lipinski definition) is 3. The van der Waals surface area contributed by atoms with E-state index in [0.717, 1.165) is 38.9 Å². The van der Waals surface area contributed by atoms with Gasteiger partial charge in [0.2, 0.25) is 0 Å². The van der Waals surface area contributed by atoms with E-state index >= 15 is 0 Å². The molecule has 0 saturated heterocycles. The predicted molar refractivity (Wildman–Crippen MR) is 169 cm³/mol. The smallest absolute Gasteiger partial charge is 0.408 e. The van der Waals surface area contributed by atoms with E-state index in [-0.39, 0.29) is 0 Å². The molecule has 0 spiro atoms. The van der Waals surface area contributed by atoms with Crippen LogP contribution in [0.3, 0.4) is 0 Å². The summed E-state index contributed by atoms with van der Waals surface area (Å²) >= 11 is 0. The summed E-state index contributed by atoms with van der Waals surface area (Å²) in [5.74, 6) is 0.155.